The molecule has 0 aliphatic carbocycles. The zero-order chi connectivity index (χ0) is 19.4. The summed E-state index contributed by atoms with van der Waals surface area (Å²) in [5.74, 6) is 1.29. The Hall–Kier alpha value is -3.59. The van der Waals surface area contributed by atoms with Gasteiger partial charge in [-0.15, -0.1) is 0 Å². The first-order valence-electron chi connectivity index (χ1n) is 8.53. The second-order valence-corrected chi connectivity index (χ2v) is 6.44. The number of nitrogens with zero attached hydrogens (tertiary/aromatic N) is 2. The second-order valence-electron chi connectivity index (χ2n) is 6.44. The number of ether oxygens (including phenoxy) is 1. The number of hydrogen-bond donors (Lipinski definition) is 1. The van der Waals surface area contributed by atoms with Crippen molar-refractivity contribution in [3.8, 4) is 17.6 Å². The summed E-state index contributed by atoms with van der Waals surface area (Å²) in [4.78, 5) is 12.3. The zero-order valence-electron chi connectivity index (χ0n) is 15.3. The van der Waals surface area contributed by atoms with Crippen LogP contribution < -0.4 is 10.1 Å². The Labute approximate surface area is 157 Å². The molecule has 0 spiro atoms. The summed E-state index contributed by atoms with van der Waals surface area (Å²) in [5, 5.41) is 15.6. The van der Waals surface area contributed by atoms with Gasteiger partial charge in [-0.1, -0.05) is 19.0 Å². The molecule has 3 aromatic rings. The van der Waals surface area contributed by atoms with Gasteiger partial charge < -0.3 is 14.6 Å². The first-order valence-corrected chi connectivity index (χ1v) is 8.53. The number of amides is 1. The van der Waals surface area contributed by atoms with Gasteiger partial charge in [-0.05, 0) is 60.9 Å². The highest BCUT2D eigenvalue weighted by atomic mass is 16.5. The van der Waals surface area contributed by atoms with Gasteiger partial charge in [0.1, 0.15) is 11.5 Å². The van der Waals surface area contributed by atoms with Crippen molar-refractivity contribution in [3.63, 3.8) is 0 Å². The predicted molar refractivity (Wildman–Crippen MR) is 101 cm³/mol. The van der Waals surface area contributed by atoms with Crippen LogP contribution in [0.3, 0.4) is 0 Å². The normalized spacial score (nSPS) is 10.5. The fourth-order valence-electron chi connectivity index (χ4n) is 2.43. The Morgan fingerprint density at radius 3 is 2.44 bits per heavy atom. The molecule has 0 bridgehead atoms. The summed E-state index contributed by atoms with van der Waals surface area (Å²) in [6, 6.07) is 15.9. The van der Waals surface area contributed by atoms with Gasteiger partial charge >= 0.3 is 0 Å². The highest BCUT2D eigenvalue weighted by Crippen LogP contribution is 2.27. The molecular formula is C21H19N3O3. The van der Waals surface area contributed by atoms with Gasteiger partial charge in [0.25, 0.3) is 5.91 Å². The molecule has 0 fully saturated rings. The number of nitriles is 1. The quantitative estimate of drug-likeness (QED) is 0.689. The molecule has 1 aromatic heterocycles. The maximum absolute atomic E-state index is 12.3. The monoisotopic (exact) mass is 361 g/mol. The van der Waals surface area contributed by atoms with Crippen molar-refractivity contribution in [2.45, 2.75) is 26.7 Å². The third kappa shape index (κ3) is 4.33. The zero-order valence-corrected chi connectivity index (χ0v) is 15.3. The number of carbonyl (C=O) groups excluding carboxylic acids is 1. The Balaban J connectivity index is 1.70. The largest absolute Gasteiger partial charge is 0.457 e. The number of aromatic nitrogens is 1. The van der Waals surface area contributed by atoms with E-state index in [0.717, 1.165) is 11.3 Å². The van der Waals surface area contributed by atoms with E-state index in [0.29, 0.717) is 22.7 Å². The smallest absolute Gasteiger partial charge is 0.294 e. The molecule has 0 aliphatic rings. The van der Waals surface area contributed by atoms with Crippen molar-refractivity contribution >= 4 is 11.6 Å². The molecule has 0 aliphatic heterocycles. The van der Waals surface area contributed by atoms with Crippen LogP contribution in [0.25, 0.3) is 0 Å². The van der Waals surface area contributed by atoms with Gasteiger partial charge in [0.15, 0.2) is 0 Å². The maximum Gasteiger partial charge on any atom is 0.294 e. The van der Waals surface area contributed by atoms with Crippen molar-refractivity contribution in [1.82, 2.24) is 5.16 Å². The van der Waals surface area contributed by atoms with Crippen LogP contribution in [0.4, 0.5) is 5.69 Å². The molecule has 27 heavy (non-hydrogen) atoms. The summed E-state index contributed by atoms with van der Waals surface area (Å²) >= 11 is 0. The molecule has 6 nitrogen and oxygen atoms in total. The summed E-state index contributed by atoms with van der Waals surface area (Å²) < 4.78 is 10.9. The van der Waals surface area contributed by atoms with E-state index in [1.165, 1.54) is 0 Å². The third-order valence-electron chi connectivity index (χ3n) is 4.01. The molecule has 0 radical (unpaired) electrons. The fraction of sp³-hybridized carbons (Fsp3) is 0.190. The minimum absolute atomic E-state index is 0.177. The number of carbonyl (C=O) groups is 1. The maximum atomic E-state index is 12.3. The van der Waals surface area contributed by atoms with E-state index in [1.54, 1.807) is 42.5 Å². The van der Waals surface area contributed by atoms with Crippen molar-refractivity contribution in [3.05, 3.63) is 71.1 Å². The standard InChI is InChI=1S/C21H19N3O3/c1-13(2)19-11-20(27-24-19)21(25)23-18-9-8-17(10-14(18)3)26-16-6-4-15(12-22)5-7-16/h4-11,13H,1-3H3,(H,23,25). The highest BCUT2D eigenvalue weighted by Gasteiger charge is 2.16. The topological polar surface area (TPSA) is 88.1 Å². The van der Waals surface area contributed by atoms with Gasteiger partial charge in [-0.3, -0.25) is 4.79 Å². The van der Waals surface area contributed by atoms with Crippen molar-refractivity contribution in [1.29, 1.82) is 5.26 Å². The molecule has 6 heteroatoms. The minimum atomic E-state index is -0.349. The van der Waals surface area contributed by atoms with Crippen LogP contribution in [-0.4, -0.2) is 11.1 Å². The molecule has 0 unspecified atom stereocenters. The molecule has 0 atom stereocenters. The average Bonchev–Trinajstić information content (AvgIpc) is 3.15. The summed E-state index contributed by atoms with van der Waals surface area (Å²) in [5.41, 5.74) is 2.82. The molecule has 136 valence electrons. The summed E-state index contributed by atoms with van der Waals surface area (Å²) in [6.45, 7) is 5.84. The Bertz CT molecular complexity index is 998. The average molecular weight is 361 g/mol. The highest BCUT2D eigenvalue weighted by molar-refractivity contribution is 6.02. The van der Waals surface area contributed by atoms with Crippen LogP contribution in [0.1, 0.15) is 47.1 Å². The lowest BCUT2D eigenvalue weighted by molar-refractivity contribution is 0.0987. The lowest BCUT2D eigenvalue weighted by Crippen LogP contribution is -2.11. The number of hydrogen-bond acceptors (Lipinski definition) is 5. The summed E-state index contributed by atoms with van der Waals surface area (Å²) in [7, 11) is 0. The van der Waals surface area contributed by atoms with E-state index < -0.39 is 0 Å². The van der Waals surface area contributed by atoms with Crippen LogP contribution in [0, 0.1) is 18.3 Å². The van der Waals surface area contributed by atoms with Crippen molar-refractivity contribution in [2.24, 2.45) is 0 Å². The Morgan fingerprint density at radius 1 is 1.15 bits per heavy atom. The van der Waals surface area contributed by atoms with Gasteiger partial charge in [-0.2, -0.15) is 5.26 Å². The molecular weight excluding hydrogens is 342 g/mol. The molecule has 3 rings (SSSR count). The Kier molecular flexibility index (Phi) is 5.23. The number of benzene rings is 2. The molecule has 1 amide bonds. The van der Waals surface area contributed by atoms with E-state index >= 15 is 0 Å². The molecule has 1 heterocycles. The van der Waals surface area contributed by atoms with E-state index in [-0.39, 0.29) is 17.6 Å². The van der Waals surface area contributed by atoms with E-state index in [9.17, 15) is 4.79 Å². The first-order chi connectivity index (χ1) is 13.0. The molecule has 2 aromatic carbocycles. The third-order valence-corrected chi connectivity index (χ3v) is 4.01. The van der Waals surface area contributed by atoms with E-state index in [2.05, 4.69) is 16.5 Å². The lowest BCUT2D eigenvalue weighted by atomic mass is 10.1. The van der Waals surface area contributed by atoms with Gasteiger partial charge in [0.2, 0.25) is 5.76 Å². The second kappa shape index (κ2) is 7.75. The van der Waals surface area contributed by atoms with E-state index in [4.69, 9.17) is 14.5 Å². The molecule has 0 saturated heterocycles. The summed E-state index contributed by atoms with van der Waals surface area (Å²) in [6.07, 6.45) is 0. The number of rotatable bonds is 5. The lowest BCUT2D eigenvalue weighted by Gasteiger charge is -2.10. The SMILES string of the molecule is Cc1cc(Oc2ccc(C#N)cc2)ccc1NC(=O)c1cc(C(C)C)no1. The van der Waals surface area contributed by atoms with Crippen LogP contribution in [0.2, 0.25) is 0 Å². The molecule has 0 saturated carbocycles. The van der Waals surface area contributed by atoms with Gasteiger partial charge in [0, 0.05) is 11.8 Å². The van der Waals surface area contributed by atoms with Crippen molar-refractivity contribution < 1.29 is 14.1 Å². The van der Waals surface area contributed by atoms with Crippen LogP contribution in [0.15, 0.2) is 53.1 Å². The fourth-order valence-corrected chi connectivity index (χ4v) is 2.43. The number of anilines is 1. The minimum Gasteiger partial charge on any atom is -0.457 e. The van der Waals surface area contributed by atoms with Crippen LogP contribution in [0.5, 0.6) is 11.5 Å². The van der Waals surface area contributed by atoms with Crippen LogP contribution in [-0.2, 0) is 0 Å². The number of aryl methyl sites for hydroxylation is 1. The van der Waals surface area contributed by atoms with E-state index in [1.807, 2.05) is 26.8 Å². The van der Waals surface area contributed by atoms with Gasteiger partial charge in [0.05, 0.1) is 17.3 Å². The van der Waals surface area contributed by atoms with Gasteiger partial charge in [-0.25, -0.2) is 0 Å². The van der Waals surface area contributed by atoms with Crippen molar-refractivity contribution in [2.75, 3.05) is 5.32 Å². The Morgan fingerprint density at radius 2 is 1.85 bits per heavy atom. The first kappa shape index (κ1) is 18.2. The van der Waals surface area contributed by atoms with Crippen LogP contribution >= 0.6 is 0 Å². The molecule has 1 N–H and O–H groups in total. The predicted octanol–water partition coefficient (Wildman–Crippen LogP) is 5.02. The number of nitrogens with one attached hydrogen (secondary N) is 1.